The van der Waals surface area contributed by atoms with Crippen molar-refractivity contribution in [1.82, 2.24) is 4.68 Å². The number of hydrogen-bond donors (Lipinski definition) is 3. The number of nitrogens with zero attached hydrogens (tertiary/aromatic N) is 2. The molecule has 1 aliphatic heterocycles. The van der Waals surface area contributed by atoms with Crippen molar-refractivity contribution in [3.63, 3.8) is 0 Å². The number of carbonyl (C=O) groups is 2. The first-order chi connectivity index (χ1) is 13.0. The van der Waals surface area contributed by atoms with E-state index in [1.807, 2.05) is 0 Å². The number of fused-ring (bicyclic) bond motifs is 1. The van der Waals surface area contributed by atoms with Gasteiger partial charge in [-0.1, -0.05) is 35.6 Å². The van der Waals surface area contributed by atoms with E-state index in [-0.39, 0.29) is 31.6 Å². The molecule has 1 aromatic heterocycles. The van der Waals surface area contributed by atoms with Crippen LogP contribution in [0, 0.1) is 3.95 Å². The van der Waals surface area contributed by atoms with E-state index in [9.17, 15) is 19.8 Å². The van der Waals surface area contributed by atoms with Gasteiger partial charge in [0.05, 0.1) is 10.9 Å². The van der Waals surface area contributed by atoms with Crippen molar-refractivity contribution >= 4 is 40.9 Å². The molecule has 0 atom stereocenters. The van der Waals surface area contributed by atoms with Crippen molar-refractivity contribution in [2.45, 2.75) is 0 Å². The molecule has 27 heavy (non-hydrogen) atoms. The molecule has 0 saturated carbocycles. The van der Waals surface area contributed by atoms with Crippen LogP contribution in [0.3, 0.4) is 0 Å². The summed E-state index contributed by atoms with van der Waals surface area (Å²) in [6.45, 7) is 0. The molecule has 0 spiro atoms. The van der Waals surface area contributed by atoms with Gasteiger partial charge in [0.2, 0.25) is 5.88 Å². The molecule has 134 valence electrons. The highest BCUT2D eigenvalue weighted by atomic mass is 32.1. The van der Waals surface area contributed by atoms with Crippen LogP contribution in [-0.2, 0) is 4.79 Å². The van der Waals surface area contributed by atoms with Gasteiger partial charge < -0.3 is 10.2 Å². The van der Waals surface area contributed by atoms with Crippen LogP contribution in [0.15, 0.2) is 53.5 Å². The van der Waals surface area contributed by atoms with E-state index in [4.69, 9.17) is 12.2 Å². The number of phenolic OH excluding ortho intramolecular Hbond substituents is 1. The minimum atomic E-state index is -0.575. The van der Waals surface area contributed by atoms with Crippen LogP contribution < -0.4 is 16.0 Å². The van der Waals surface area contributed by atoms with Gasteiger partial charge in [-0.2, -0.15) is 4.68 Å². The fraction of sp³-hybridized carbons (Fsp3) is 0. The summed E-state index contributed by atoms with van der Waals surface area (Å²) < 4.78 is 1.18. The molecule has 0 bridgehead atoms. The Morgan fingerprint density at radius 3 is 2.70 bits per heavy atom. The van der Waals surface area contributed by atoms with E-state index in [1.165, 1.54) is 24.3 Å². The lowest BCUT2D eigenvalue weighted by Gasteiger charge is -2.08. The highest BCUT2D eigenvalue weighted by molar-refractivity contribution is 7.73. The van der Waals surface area contributed by atoms with Crippen LogP contribution in [0.2, 0.25) is 0 Å². The number of benzene rings is 2. The third-order valence-electron chi connectivity index (χ3n) is 3.94. The highest BCUT2D eigenvalue weighted by Gasteiger charge is 2.25. The molecule has 0 radical (unpaired) electrons. The second-order valence-corrected chi connectivity index (χ2v) is 7.30. The fourth-order valence-corrected chi connectivity index (χ4v) is 3.99. The molecule has 2 heterocycles. The molecule has 2 amide bonds. The van der Waals surface area contributed by atoms with Crippen LogP contribution in [-0.4, -0.2) is 26.7 Å². The molecule has 0 saturated heterocycles. The predicted molar refractivity (Wildman–Crippen MR) is 101 cm³/mol. The first kappa shape index (κ1) is 17.1. The van der Waals surface area contributed by atoms with Crippen LogP contribution in [0.4, 0.5) is 0 Å². The van der Waals surface area contributed by atoms with Gasteiger partial charge >= 0.3 is 0 Å². The maximum atomic E-state index is 12.4. The van der Waals surface area contributed by atoms with Crippen molar-refractivity contribution in [2.75, 3.05) is 5.43 Å². The number of nitrogens with one attached hydrogen (secondary N) is 1. The SMILES string of the molecule is O=C1N=c2ccccc2=C1c1sc(=S)n(NC(=O)c2cccc(O)c2)c1O. The highest BCUT2D eigenvalue weighted by Crippen LogP contribution is 2.31. The van der Waals surface area contributed by atoms with Gasteiger partial charge in [-0.15, -0.1) is 0 Å². The zero-order valence-corrected chi connectivity index (χ0v) is 15.2. The van der Waals surface area contributed by atoms with Gasteiger partial charge in [0, 0.05) is 10.8 Å². The van der Waals surface area contributed by atoms with Gasteiger partial charge in [-0.25, -0.2) is 4.99 Å². The number of rotatable bonds is 3. The summed E-state index contributed by atoms with van der Waals surface area (Å²) in [5.41, 5.74) is 2.90. The van der Waals surface area contributed by atoms with Gasteiger partial charge in [-0.3, -0.25) is 15.0 Å². The van der Waals surface area contributed by atoms with E-state index in [0.717, 1.165) is 16.0 Å². The summed E-state index contributed by atoms with van der Waals surface area (Å²) in [5.74, 6) is -1.47. The largest absolute Gasteiger partial charge is 0.508 e. The second kappa shape index (κ2) is 6.45. The molecule has 7 nitrogen and oxygen atoms in total. The smallest absolute Gasteiger partial charge is 0.279 e. The summed E-state index contributed by atoms with van der Waals surface area (Å²) in [6, 6.07) is 12.7. The van der Waals surface area contributed by atoms with Crippen molar-refractivity contribution in [2.24, 2.45) is 4.99 Å². The van der Waals surface area contributed by atoms with Gasteiger partial charge in [0.1, 0.15) is 10.6 Å². The molecular weight excluding hydrogens is 386 g/mol. The zero-order valence-electron chi connectivity index (χ0n) is 13.5. The Kier molecular flexibility index (Phi) is 4.09. The molecule has 3 N–H and O–H groups in total. The van der Waals surface area contributed by atoms with Crippen molar-refractivity contribution in [1.29, 1.82) is 0 Å². The lowest BCUT2D eigenvalue weighted by molar-refractivity contribution is -0.112. The first-order valence-electron chi connectivity index (χ1n) is 7.73. The van der Waals surface area contributed by atoms with Crippen molar-refractivity contribution in [3.05, 3.63) is 73.5 Å². The minimum Gasteiger partial charge on any atom is -0.508 e. The Hall–Kier alpha value is -3.30. The Morgan fingerprint density at radius 1 is 1.15 bits per heavy atom. The van der Waals surface area contributed by atoms with Crippen LogP contribution in [0.1, 0.15) is 15.2 Å². The predicted octanol–water partition coefficient (Wildman–Crippen LogP) is 1.43. The number of phenols is 1. The van der Waals surface area contributed by atoms with E-state index in [1.54, 1.807) is 24.3 Å². The third kappa shape index (κ3) is 2.92. The topological polar surface area (TPSA) is 104 Å². The van der Waals surface area contributed by atoms with Gasteiger partial charge in [0.15, 0.2) is 3.95 Å². The normalized spacial score (nSPS) is 12.6. The maximum Gasteiger partial charge on any atom is 0.279 e. The molecule has 0 unspecified atom stereocenters. The number of aromatic hydroxyl groups is 2. The molecule has 3 aromatic rings. The lowest BCUT2D eigenvalue weighted by atomic mass is 10.1. The quantitative estimate of drug-likeness (QED) is 0.580. The maximum absolute atomic E-state index is 12.4. The molecule has 0 fully saturated rings. The van der Waals surface area contributed by atoms with Crippen LogP contribution in [0.25, 0.3) is 5.57 Å². The monoisotopic (exact) mass is 397 g/mol. The Morgan fingerprint density at radius 2 is 1.93 bits per heavy atom. The molecular formula is C18H11N3O4S2. The average Bonchev–Trinajstić information content (AvgIpc) is 3.11. The molecule has 9 heteroatoms. The number of aromatic nitrogens is 1. The van der Waals surface area contributed by atoms with E-state index >= 15 is 0 Å². The number of hydrogen-bond acceptors (Lipinski definition) is 6. The van der Waals surface area contributed by atoms with E-state index in [0.29, 0.717) is 10.6 Å². The standard InChI is InChI=1S/C18H11N3O4S2/c22-10-5-3-4-9(8-10)15(23)20-21-17(25)14(27-18(21)26)13-11-6-1-2-7-12(11)19-16(13)24/h1-8,22,25H,(H,20,23). The average molecular weight is 397 g/mol. The second-order valence-electron chi connectivity index (χ2n) is 5.66. The van der Waals surface area contributed by atoms with E-state index in [2.05, 4.69) is 10.4 Å². The Bertz CT molecular complexity index is 1290. The minimum absolute atomic E-state index is 0.0631. The number of amides is 2. The molecule has 1 aliphatic rings. The van der Waals surface area contributed by atoms with Crippen molar-refractivity contribution < 1.29 is 19.8 Å². The number of carbonyl (C=O) groups excluding carboxylic acids is 2. The summed E-state index contributed by atoms with van der Waals surface area (Å²) in [7, 11) is 0. The number of para-hydroxylation sites is 1. The lowest BCUT2D eigenvalue weighted by Crippen LogP contribution is -2.23. The molecule has 2 aromatic carbocycles. The number of thiazole rings is 1. The molecule has 0 aliphatic carbocycles. The van der Waals surface area contributed by atoms with Crippen LogP contribution >= 0.6 is 23.6 Å². The summed E-state index contributed by atoms with van der Waals surface area (Å²) in [5, 5.41) is 21.2. The van der Waals surface area contributed by atoms with Crippen molar-refractivity contribution in [3.8, 4) is 11.6 Å². The summed E-state index contributed by atoms with van der Waals surface area (Å²) in [4.78, 5) is 28.9. The fourth-order valence-electron chi connectivity index (χ4n) is 2.72. The third-order valence-corrected chi connectivity index (χ3v) is 5.33. The van der Waals surface area contributed by atoms with Gasteiger partial charge in [-0.05, 0) is 36.5 Å². The van der Waals surface area contributed by atoms with Gasteiger partial charge in [0.25, 0.3) is 11.8 Å². The Balaban J connectivity index is 1.78. The summed E-state index contributed by atoms with van der Waals surface area (Å²) in [6.07, 6.45) is 0. The summed E-state index contributed by atoms with van der Waals surface area (Å²) >= 11 is 6.22. The Labute approximate surface area is 161 Å². The molecule has 4 rings (SSSR count). The zero-order chi connectivity index (χ0) is 19.1. The van der Waals surface area contributed by atoms with Crippen LogP contribution in [0.5, 0.6) is 11.6 Å². The first-order valence-corrected chi connectivity index (χ1v) is 8.96. The van der Waals surface area contributed by atoms with E-state index < -0.39 is 11.8 Å².